The zero-order valence-electron chi connectivity index (χ0n) is 13.4. The fraction of sp³-hybridized carbons (Fsp3) is 0.222. The molecule has 2 rings (SSSR count). The van der Waals surface area contributed by atoms with E-state index in [4.69, 9.17) is 28.5 Å². The largest absolute Gasteiger partial charge is 0.330 e. The maximum Gasteiger partial charge on any atom is 0.282 e. The Hall–Kier alpha value is -2.06. The molecule has 4 nitrogen and oxygen atoms in total. The van der Waals surface area contributed by atoms with Crippen LogP contribution in [0, 0.1) is 11.3 Å². The fourth-order valence-electron chi connectivity index (χ4n) is 2.43. The van der Waals surface area contributed by atoms with Gasteiger partial charge in [0.2, 0.25) is 0 Å². The van der Waals surface area contributed by atoms with Crippen LogP contribution in [0.25, 0.3) is 0 Å². The molecule has 0 bridgehead atoms. The Bertz CT molecular complexity index is 786. The first kappa shape index (κ1) is 18.3. The lowest BCUT2D eigenvalue weighted by molar-refractivity contribution is -0.709. The van der Waals surface area contributed by atoms with Crippen molar-refractivity contribution in [3.8, 4) is 6.07 Å². The van der Waals surface area contributed by atoms with Gasteiger partial charge in [0.25, 0.3) is 5.91 Å². The number of nitrogens with two attached hydrogens (primary N) is 1. The van der Waals surface area contributed by atoms with Crippen molar-refractivity contribution in [2.45, 2.75) is 25.9 Å². The van der Waals surface area contributed by atoms with E-state index in [-0.39, 0.29) is 18.0 Å². The van der Waals surface area contributed by atoms with Crippen molar-refractivity contribution in [1.82, 2.24) is 0 Å². The number of quaternary nitrogens is 1. The number of nitrogens with one attached hydrogen (secondary N) is 1. The number of halogens is 2. The molecule has 0 aliphatic heterocycles. The summed E-state index contributed by atoms with van der Waals surface area (Å²) < 4.78 is 0. The number of carbonyl (C=O) groups is 1. The Kier molecular flexibility index (Phi) is 6.22. The Morgan fingerprint density at radius 3 is 2.58 bits per heavy atom. The van der Waals surface area contributed by atoms with Crippen molar-refractivity contribution in [2.24, 2.45) is 0 Å². The molecule has 3 N–H and O–H groups in total. The van der Waals surface area contributed by atoms with Crippen LogP contribution in [0.3, 0.4) is 0 Å². The minimum atomic E-state index is -0.349. The summed E-state index contributed by atoms with van der Waals surface area (Å²) in [6.07, 6.45) is 0. The number of rotatable bonds is 5. The Morgan fingerprint density at radius 1 is 1.21 bits per heavy atom. The highest BCUT2D eigenvalue weighted by Crippen LogP contribution is 2.24. The second-order valence-corrected chi connectivity index (χ2v) is 6.43. The van der Waals surface area contributed by atoms with Crippen LogP contribution in [0.5, 0.6) is 0 Å². The first-order chi connectivity index (χ1) is 11.4. The lowest BCUT2D eigenvalue weighted by atomic mass is 10.1. The predicted molar refractivity (Wildman–Crippen MR) is 96.1 cm³/mol. The van der Waals surface area contributed by atoms with Crippen LogP contribution < -0.4 is 10.6 Å². The number of nitriles is 1. The number of amides is 1. The van der Waals surface area contributed by atoms with Gasteiger partial charge in [-0.1, -0.05) is 41.4 Å². The third-order valence-corrected chi connectivity index (χ3v) is 4.31. The second-order valence-electron chi connectivity index (χ2n) is 5.58. The van der Waals surface area contributed by atoms with Crippen LogP contribution in [0.2, 0.25) is 10.0 Å². The number of carbonyl (C=O) groups excluding carboxylic acids is 1. The first-order valence-corrected chi connectivity index (χ1v) is 8.28. The Balaban J connectivity index is 2.04. The lowest BCUT2D eigenvalue weighted by Gasteiger charge is -2.18. The highest BCUT2D eigenvalue weighted by atomic mass is 35.5. The first-order valence-electron chi connectivity index (χ1n) is 7.52. The van der Waals surface area contributed by atoms with Crippen LogP contribution in [0.1, 0.15) is 31.0 Å². The van der Waals surface area contributed by atoms with Gasteiger partial charge in [-0.15, -0.1) is 0 Å². The van der Waals surface area contributed by atoms with Crippen LogP contribution in [-0.2, 0) is 4.79 Å². The highest BCUT2D eigenvalue weighted by Gasteiger charge is 2.22. The quantitative estimate of drug-likeness (QED) is 0.854. The summed E-state index contributed by atoms with van der Waals surface area (Å²) in [7, 11) is 0. The number of nitrogens with zero attached hydrogens (tertiary/aromatic N) is 1. The molecule has 0 heterocycles. The SMILES string of the molecule is C[C@H]([NH2+][C@H](C)C(=O)Nc1ccccc1C#N)c1ccc(Cl)cc1Cl. The van der Waals surface area contributed by atoms with Gasteiger partial charge in [0.1, 0.15) is 12.1 Å². The van der Waals surface area contributed by atoms with Gasteiger partial charge in [0, 0.05) is 10.6 Å². The molecule has 0 saturated heterocycles. The summed E-state index contributed by atoms with van der Waals surface area (Å²) in [5.74, 6) is -0.172. The summed E-state index contributed by atoms with van der Waals surface area (Å²) in [6.45, 7) is 3.78. The zero-order chi connectivity index (χ0) is 17.7. The molecule has 124 valence electrons. The smallest absolute Gasteiger partial charge is 0.282 e. The Labute approximate surface area is 151 Å². The van der Waals surface area contributed by atoms with Gasteiger partial charge in [0.15, 0.2) is 6.04 Å². The summed E-state index contributed by atoms with van der Waals surface area (Å²) in [4.78, 5) is 12.4. The van der Waals surface area contributed by atoms with Crippen molar-refractivity contribution >= 4 is 34.8 Å². The molecule has 2 atom stereocenters. The predicted octanol–water partition coefficient (Wildman–Crippen LogP) is 3.52. The van der Waals surface area contributed by atoms with E-state index < -0.39 is 0 Å². The molecule has 2 aromatic carbocycles. The number of hydrogen-bond acceptors (Lipinski definition) is 2. The van der Waals surface area contributed by atoms with Crippen LogP contribution in [0.4, 0.5) is 5.69 Å². The van der Waals surface area contributed by atoms with E-state index in [2.05, 4.69) is 11.4 Å². The minimum Gasteiger partial charge on any atom is -0.330 e. The summed E-state index contributed by atoms with van der Waals surface area (Å²) in [6, 6.07) is 14.0. The molecule has 0 aromatic heterocycles. The molecular formula is C18H18Cl2N3O+. The zero-order valence-corrected chi connectivity index (χ0v) is 14.9. The monoisotopic (exact) mass is 362 g/mol. The van der Waals surface area contributed by atoms with Gasteiger partial charge in [-0.3, -0.25) is 4.79 Å². The number of benzene rings is 2. The number of para-hydroxylation sites is 1. The van der Waals surface area contributed by atoms with Crippen LogP contribution >= 0.6 is 23.2 Å². The molecule has 0 unspecified atom stereocenters. The molecule has 0 fully saturated rings. The molecule has 24 heavy (non-hydrogen) atoms. The van der Waals surface area contributed by atoms with E-state index in [0.29, 0.717) is 21.3 Å². The van der Waals surface area contributed by atoms with Gasteiger partial charge in [-0.05, 0) is 38.1 Å². The number of anilines is 1. The third kappa shape index (κ3) is 4.48. The topological polar surface area (TPSA) is 69.5 Å². The van der Waals surface area contributed by atoms with E-state index in [1.54, 1.807) is 36.4 Å². The van der Waals surface area contributed by atoms with Crippen molar-refractivity contribution in [2.75, 3.05) is 5.32 Å². The molecule has 0 aliphatic carbocycles. The number of hydrogen-bond donors (Lipinski definition) is 2. The third-order valence-electron chi connectivity index (χ3n) is 3.75. The van der Waals surface area contributed by atoms with E-state index in [9.17, 15) is 4.79 Å². The summed E-state index contributed by atoms with van der Waals surface area (Å²) in [5, 5.41) is 14.9. The Morgan fingerprint density at radius 2 is 1.92 bits per heavy atom. The van der Waals surface area contributed by atoms with Crippen molar-refractivity contribution in [3.63, 3.8) is 0 Å². The van der Waals surface area contributed by atoms with E-state index >= 15 is 0 Å². The van der Waals surface area contributed by atoms with E-state index in [0.717, 1.165) is 5.56 Å². The lowest BCUT2D eigenvalue weighted by Crippen LogP contribution is -2.91. The van der Waals surface area contributed by atoms with Gasteiger partial charge in [-0.2, -0.15) is 5.26 Å². The fourth-order valence-corrected chi connectivity index (χ4v) is 3.01. The molecule has 0 radical (unpaired) electrons. The average molecular weight is 363 g/mol. The average Bonchev–Trinajstić information content (AvgIpc) is 2.55. The van der Waals surface area contributed by atoms with Gasteiger partial charge >= 0.3 is 0 Å². The van der Waals surface area contributed by atoms with Crippen molar-refractivity contribution < 1.29 is 10.1 Å². The van der Waals surface area contributed by atoms with Crippen molar-refractivity contribution in [1.29, 1.82) is 5.26 Å². The van der Waals surface area contributed by atoms with Gasteiger partial charge in [-0.25, -0.2) is 0 Å². The van der Waals surface area contributed by atoms with E-state index in [1.807, 2.05) is 25.2 Å². The molecular weight excluding hydrogens is 345 g/mol. The molecule has 0 spiro atoms. The highest BCUT2D eigenvalue weighted by molar-refractivity contribution is 6.35. The van der Waals surface area contributed by atoms with Crippen molar-refractivity contribution in [3.05, 3.63) is 63.6 Å². The molecule has 0 aliphatic rings. The van der Waals surface area contributed by atoms with Gasteiger partial charge in [0.05, 0.1) is 16.3 Å². The molecule has 0 saturated carbocycles. The molecule has 6 heteroatoms. The minimum absolute atomic E-state index is 0.0123. The summed E-state index contributed by atoms with van der Waals surface area (Å²) >= 11 is 12.1. The second kappa shape index (κ2) is 8.16. The maximum absolute atomic E-state index is 12.4. The maximum atomic E-state index is 12.4. The van der Waals surface area contributed by atoms with E-state index in [1.165, 1.54) is 0 Å². The molecule has 1 amide bonds. The van der Waals surface area contributed by atoms with Crippen LogP contribution in [-0.4, -0.2) is 11.9 Å². The standard InChI is InChI=1S/C18H17Cl2N3O/c1-11(15-8-7-14(19)9-16(15)20)22-12(2)18(24)23-17-6-4-3-5-13(17)10-21/h3-9,11-12,22H,1-2H3,(H,23,24)/p+1/t11-,12+/m0/s1. The van der Waals surface area contributed by atoms with Crippen LogP contribution in [0.15, 0.2) is 42.5 Å². The van der Waals surface area contributed by atoms with Gasteiger partial charge < -0.3 is 10.6 Å². The molecule has 2 aromatic rings. The summed E-state index contributed by atoms with van der Waals surface area (Å²) in [5.41, 5.74) is 1.87. The normalized spacial score (nSPS) is 13.0.